The van der Waals surface area contributed by atoms with E-state index in [4.69, 9.17) is 14.2 Å². The van der Waals surface area contributed by atoms with E-state index in [1.54, 1.807) is 23.5 Å². The van der Waals surface area contributed by atoms with Crippen molar-refractivity contribution in [2.45, 2.75) is 51.4 Å². The zero-order chi connectivity index (χ0) is 37.6. The lowest BCUT2D eigenvalue weighted by atomic mass is 9.96. The Hall–Kier alpha value is -4.79. The highest BCUT2D eigenvalue weighted by molar-refractivity contribution is 7.88. The van der Waals surface area contributed by atoms with E-state index in [0.717, 1.165) is 38.1 Å². The van der Waals surface area contributed by atoms with E-state index in [-0.39, 0.29) is 11.1 Å². The molecular formula is C37H46N2O11S. The fourth-order valence-electron chi connectivity index (χ4n) is 5.61. The van der Waals surface area contributed by atoms with Crippen LogP contribution in [0.3, 0.4) is 0 Å². The summed E-state index contributed by atoms with van der Waals surface area (Å²) in [6, 6.07) is 23.6. The van der Waals surface area contributed by atoms with Crippen LogP contribution in [0.1, 0.15) is 53.0 Å². The highest BCUT2D eigenvalue weighted by Crippen LogP contribution is 2.22. The van der Waals surface area contributed by atoms with Crippen molar-refractivity contribution in [3.05, 3.63) is 102 Å². The monoisotopic (exact) mass is 726 g/mol. The van der Waals surface area contributed by atoms with Gasteiger partial charge < -0.3 is 29.3 Å². The molecule has 1 unspecified atom stereocenters. The molecule has 276 valence electrons. The Morgan fingerprint density at radius 3 is 1.63 bits per heavy atom. The van der Waals surface area contributed by atoms with Gasteiger partial charge in [-0.2, -0.15) is 0 Å². The van der Waals surface area contributed by atoms with Crippen molar-refractivity contribution in [2.24, 2.45) is 5.92 Å². The molecule has 0 bridgehead atoms. The van der Waals surface area contributed by atoms with Gasteiger partial charge in [0.15, 0.2) is 0 Å². The molecule has 0 radical (unpaired) electrons. The normalized spacial score (nSPS) is 15.4. The van der Waals surface area contributed by atoms with Crippen molar-refractivity contribution in [3.8, 4) is 5.75 Å². The first-order chi connectivity index (χ1) is 24.2. The first-order valence-electron chi connectivity index (χ1n) is 16.5. The molecule has 1 saturated heterocycles. The van der Waals surface area contributed by atoms with Crippen LogP contribution in [0, 0.1) is 5.92 Å². The SMILES string of the molecule is CCN(CC1CCN(S(C)(=O)=O)CC1)C(C)Cc1ccc(OC)cc1.O=C(O[C@@H](C(=O)O)[C@@H](OC(=O)c1ccccc1)C(=O)O)c1ccccc1. The maximum atomic E-state index is 12.0. The maximum Gasteiger partial charge on any atom is 0.349 e. The molecule has 0 aliphatic carbocycles. The van der Waals surface area contributed by atoms with Crippen molar-refractivity contribution in [1.29, 1.82) is 0 Å². The average molecular weight is 727 g/mol. The van der Waals surface area contributed by atoms with Crippen LogP contribution in [0.5, 0.6) is 5.75 Å². The number of carboxylic acid groups (broad SMARTS) is 2. The topological polar surface area (TPSA) is 177 Å². The second kappa shape index (κ2) is 19.6. The fourth-order valence-corrected chi connectivity index (χ4v) is 6.48. The summed E-state index contributed by atoms with van der Waals surface area (Å²) < 4.78 is 39.6. The summed E-state index contributed by atoms with van der Waals surface area (Å²) in [5.74, 6) is -4.16. The predicted octanol–water partition coefficient (Wildman–Crippen LogP) is 4.23. The number of aliphatic carboxylic acids is 2. The number of likely N-dealkylation sites (N-methyl/N-ethyl adjacent to an activating group) is 1. The quantitative estimate of drug-likeness (QED) is 0.214. The molecule has 2 N–H and O–H groups in total. The Balaban J connectivity index is 0.000000276. The van der Waals surface area contributed by atoms with Gasteiger partial charge >= 0.3 is 23.9 Å². The standard InChI is InChI=1S/C19H32N2O3S.C18H14O8/c1-5-20(15-18-10-12-21(13-11-18)25(4,22)23)16(2)14-17-6-8-19(24-3)9-7-17;19-15(20)13(25-17(23)11-7-3-1-4-8-11)14(16(21)22)26-18(24)12-9-5-2-6-10-12/h6-9,16,18H,5,10-15H2,1-4H3;1-10,13-14H,(H,19,20)(H,21,22)/t;13-,14-/m.1/s1. The molecule has 3 atom stereocenters. The van der Waals surface area contributed by atoms with Gasteiger partial charge in [0.05, 0.1) is 24.5 Å². The van der Waals surface area contributed by atoms with Gasteiger partial charge in [0.1, 0.15) is 5.75 Å². The lowest BCUT2D eigenvalue weighted by molar-refractivity contribution is -0.166. The van der Waals surface area contributed by atoms with Gasteiger partial charge in [0.2, 0.25) is 22.2 Å². The summed E-state index contributed by atoms with van der Waals surface area (Å²) in [6.07, 6.45) is -0.193. The third kappa shape index (κ3) is 12.8. The number of carbonyl (C=O) groups excluding carboxylic acids is 2. The molecule has 0 spiro atoms. The highest BCUT2D eigenvalue weighted by atomic mass is 32.2. The summed E-state index contributed by atoms with van der Waals surface area (Å²) in [7, 11) is -1.35. The van der Waals surface area contributed by atoms with Crippen molar-refractivity contribution in [2.75, 3.05) is 39.5 Å². The number of hydrogen-bond acceptors (Lipinski definition) is 10. The second-order valence-corrected chi connectivity index (χ2v) is 14.1. The van der Waals surface area contributed by atoms with Gasteiger partial charge in [0.25, 0.3) is 0 Å². The highest BCUT2D eigenvalue weighted by Gasteiger charge is 2.41. The molecule has 13 nitrogen and oxygen atoms in total. The number of carboxylic acids is 2. The van der Waals surface area contributed by atoms with Gasteiger partial charge in [-0.3, -0.25) is 0 Å². The molecule has 3 aromatic rings. The zero-order valence-corrected chi connectivity index (χ0v) is 30.0. The third-order valence-electron chi connectivity index (χ3n) is 8.50. The van der Waals surface area contributed by atoms with Crippen LogP contribution in [0.25, 0.3) is 0 Å². The molecule has 14 heteroatoms. The molecule has 1 fully saturated rings. The van der Waals surface area contributed by atoms with Crippen LogP contribution in [0.4, 0.5) is 0 Å². The van der Waals surface area contributed by atoms with Gasteiger partial charge in [-0.15, -0.1) is 0 Å². The lowest BCUT2D eigenvalue weighted by Gasteiger charge is -2.36. The smallest absolute Gasteiger partial charge is 0.349 e. The summed E-state index contributed by atoms with van der Waals surface area (Å²) >= 11 is 0. The number of benzene rings is 3. The molecule has 3 aromatic carbocycles. The molecule has 4 rings (SSSR count). The Labute approximate surface area is 298 Å². The number of ether oxygens (including phenoxy) is 3. The molecule has 1 aliphatic heterocycles. The van der Waals surface area contributed by atoms with Gasteiger partial charge in [-0.25, -0.2) is 31.9 Å². The van der Waals surface area contributed by atoms with Crippen LogP contribution >= 0.6 is 0 Å². The number of sulfonamides is 1. The second-order valence-electron chi connectivity index (χ2n) is 12.2. The lowest BCUT2D eigenvalue weighted by Crippen LogP contribution is -2.45. The number of hydrogen-bond donors (Lipinski definition) is 2. The van der Waals surface area contributed by atoms with Crippen LogP contribution in [-0.4, -0.2) is 110 Å². The minimum absolute atomic E-state index is 0.0253. The first-order valence-corrected chi connectivity index (χ1v) is 18.4. The van der Waals surface area contributed by atoms with Crippen molar-refractivity contribution >= 4 is 33.9 Å². The van der Waals surface area contributed by atoms with E-state index in [0.29, 0.717) is 25.0 Å². The number of nitrogens with zero attached hydrogens (tertiary/aromatic N) is 2. The van der Waals surface area contributed by atoms with Crippen molar-refractivity contribution in [3.63, 3.8) is 0 Å². The molecule has 0 aromatic heterocycles. The van der Waals surface area contributed by atoms with E-state index in [1.165, 1.54) is 60.4 Å². The fraction of sp³-hybridized carbons (Fsp3) is 0.405. The van der Waals surface area contributed by atoms with Crippen molar-refractivity contribution < 1.29 is 52.0 Å². The van der Waals surface area contributed by atoms with E-state index in [9.17, 15) is 37.8 Å². The molecular weight excluding hydrogens is 680 g/mol. The Bertz CT molecular complexity index is 1610. The van der Waals surface area contributed by atoms with Gasteiger partial charge in [0, 0.05) is 25.7 Å². The number of rotatable bonds is 15. The summed E-state index contributed by atoms with van der Waals surface area (Å²) in [6.45, 7) is 7.87. The van der Waals surface area contributed by atoms with Crippen LogP contribution in [0.15, 0.2) is 84.9 Å². The minimum Gasteiger partial charge on any atom is -0.497 e. The summed E-state index contributed by atoms with van der Waals surface area (Å²) in [5, 5.41) is 18.5. The van der Waals surface area contributed by atoms with Gasteiger partial charge in [-0.05, 0) is 80.6 Å². The largest absolute Gasteiger partial charge is 0.497 e. The first kappa shape index (κ1) is 40.6. The molecule has 0 amide bonds. The minimum atomic E-state index is -3.04. The summed E-state index contributed by atoms with van der Waals surface area (Å²) in [5.41, 5.74) is 1.37. The Morgan fingerprint density at radius 2 is 1.25 bits per heavy atom. The average Bonchev–Trinajstić information content (AvgIpc) is 3.12. The van der Waals surface area contributed by atoms with Crippen molar-refractivity contribution in [1.82, 2.24) is 9.21 Å². The van der Waals surface area contributed by atoms with Crippen LogP contribution < -0.4 is 4.74 Å². The van der Waals surface area contributed by atoms with E-state index in [2.05, 4.69) is 30.9 Å². The Kier molecular flexibility index (Phi) is 15.6. The summed E-state index contributed by atoms with van der Waals surface area (Å²) in [4.78, 5) is 49.4. The molecule has 0 saturated carbocycles. The predicted molar refractivity (Wildman–Crippen MR) is 189 cm³/mol. The molecule has 1 heterocycles. The number of methoxy groups -OCH3 is 1. The van der Waals surface area contributed by atoms with Crippen LogP contribution in [-0.2, 0) is 35.5 Å². The van der Waals surface area contributed by atoms with Gasteiger partial charge in [-0.1, -0.05) is 55.5 Å². The van der Waals surface area contributed by atoms with E-state index >= 15 is 0 Å². The van der Waals surface area contributed by atoms with Crippen LogP contribution in [0.2, 0.25) is 0 Å². The van der Waals surface area contributed by atoms with E-state index < -0.39 is 46.1 Å². The maximum absolute atomic E-state index is 12.0. The number of esters is 2. The Morgan fingerprint density at radius 1 is 0.804 bits per heavy atom. The third-order valence-corrected chi connectivity index (χ3v) is 9.81. The number of carbonyl (C=O) groups is 4. The number of piperidine rings is 1. The molecule has 51 heavy (non-hydrogen) atoms. The zero-order valence-electron chi connectivity index (χ0n) is 29.2. The van der Waals surface area contributed by atoms with E-state index in [1.807, 2.05) is 12.1 Å². The molecule has 1 aliphatic rings.